The zero-order chi connectivity index (χ0) is 11.4. The van der Waals surface area contributed by atoms with Gasteiger partial charge < -0.3 is 0 Å². The van der Waals surface area contributed by atoms with Gasteiger partial charge in [0.05, 0.1) is 17.8 Å². The molecule has 2 aromatic rings. The quantitative estimate of drug-likeness (QED) is 0.749. The lowest BCUT2D eigenvalue weighted by molar-refractivity contribution is 0.340. The minimum atomic E-state index is 0.148. The molecule has 0 amide bonds. The molecule has 0 spiro atoms. The molecule has 0 saturated carbocycles. The van der Waals surface area contributed by atoms with Crippen LogP contribution in [-0.4, -0.2) is 9.77 Å². The Hall–Kier alpha value is -1.35. The molecule has 0 aliphatic carbocycles. The molecule has 2 nitrogen and oxygen atoms in total. The smallest absolute Gasteiger partial charge is 0.139 e. The number of aryl methyl sites for hydroxylation is 2. The van der Waals surface area contributed by atoms with Crippen molar-refractivity contribution in [3.05, 3.63) is 53.6 Å². The maximum Gasteiger partial charge on any atom is 0.139 e. The standard InChI is InChI=1S/C12H12ClFN2/c13-8-11-9-15-12(16(11)14)7-6-10-4-2-1-3-5-10/h1-5,9H,6-8H2. The van der Waals surface area contributed by atoms with Gasteiger partial charge >= 0.3 is 0 Å². The first kappa shape index (κ1) is 11.1. The molecule has 1 aromatic heterocycles. The van der Waals surface area contributed by atoms with Crippen molar-refractivity contribution in [2.45, 2.75) is 18.7 Å². The molecule has 0 atom stereocenters. The Morgan fingerprint density at radius 2 is 1.94 bits per heavy atom. The van der Waals surface area contributed by atoms with Crippen LogP contribution in [0.25, 0.3) is 0 Å². The Kier molecular flexibility index (Phi) is 3.57. The van der Waals surface area contributed by atoms with E-state index < -0.39 is 0 Å². The third kappa shape index (κ3) is 2.42. The van der Waals surface area contributed by atoms with Crippen LogP contribution < -0.4 is 0 Å². The molecule has 0 aliphatic heterocycles. The highest BCUT2D eigenvalue weighted by atomic mass is 35.5. The number of alkyl halides is 1. The van der Waals surface area contributed by atoms with Gasteiger partial charge in [-0.25, -0.2) is 4.98 Å². The van der Waals surface area contributed by atoms with Gasteiger partial charge in [-0.15, -0.1) is 11.6 Å². The van der Waals surface area contributed by atoms with Gasteiger partial charge in [0, 0.05) is 6.42 Å². The van der Waals surface area contributed by atoms with E-state index in [2.05, 4.69) is 4.98 Å². The van der Waals surface area contributed by atoms with Crippen LogP contribution in [0.4, 0.5) is 4.48 Å². The molecule has 2 rings (SSSR count). The fourth-order valence-corrected chi connectivity index (χ4v) is 1.74. The lowest BCUT2D eigenvalue weighted by Crippen LogP contribution is -1.99. The zero-order valence-electron chi connectivity index (χ0n) is 8.74. The van der Waals surface area contributed by atoms with Crippen LogP contribution in [0.1, 0.15) is 17.1 Å². The van der Waals surface area contributed by atoms with Gasteiger partial charge in [0.1, 0.15) is 5.82 Å². The molecule has 1 aromatic carbocycles. The van der Waals surface area contributed by atoms with Crippen LogP contribution in [0.5, 0.6) is 0 Å². The summed E-state index contributed by atoms with van der Waals surface area (Å²) in [5.41, 5.74) is 1.59. The molecule has 1 heterocycles. The molecular weight excluding hydrogens is 227 g/mol. The van der Waals surface area contributed by atoms with Gasteiger partial charge in [0.2, 0.25) is 0 Å². The van der Waals surface area contributed by atoms with Crippen molar-refractivity contribution in [2.75, 3.05) is 0 Å². The Morgan fingerprint density at radius 3 is 2.56 bits per heavy atom. The molecule has 0 aliphatic rings. The Bertz CT molecular complexity index is 453. The molecule has 16 heavy (non-hydrogen) atoms. The van der Waals surface area contributed by atoms with E-state index in [0.717, 1.165) is 6.42 Å². The van der Waals surface area contributed by atoms with E-state index in [1.54, 1.807) is 0 Å². The number of hydrogen-bond donors (Lipinski definition) is 0. The van der Waals surface area contributed by atoms with Crippen LogP contribution in [0.3, 0.4) is 0 Å². The first-order valence-electron chi connectivity index (χ1n) is 5.13. The van der Waals surface area contributed by atoms with Crippen molar-refractivity contribution in [1.82, 2.24) is 9.77 Å². The average Bonchev–Trinajstić information content (AvgIpc) is 2.69. The molecule has 0 saturated heterocycles. The molecule has 0 N–H and O–H groups in total. The number of aromatic nitrogens is 2. The Morgan fingerprint density at radius 1 is 1.19 bits per heavy atom. The van der Waals surface area contributed by atoms with Crippen LogP contribution in [0, 0.1) is 0 Å². The van der Waals surface area contributed by atoms with Crippen molar-refractivity contribution < 1.29 is 4.48 Å². The minimum absolute atomic E-state index is 0.148. The van der Waals surface area contributed by atoms with E-state index in [-0.39, 0.29) is 5.88 Å². The normalized spacial score (nSPS) is 10.6. The maximum absolute atomic E-state index is 13.5. The monoisotopic (exact) mass is 238 g/mol. The van der Waals surface area contributed by atoms with Crippen LogP contribution in [0.15, 0.2) is 36.5 Å². The molecule has 4 heteroatoms. The van der Waals surface area contributed by atoms with Gasteiger partial charge in [0.25, 0.3) is 0 Å². The van der Waals surface area contributed by atoms with E-state index in [0.29, 0.717) is 22.7 Å². The summed E-state index contributed by atoms with van der Waals surface area (Å²) in [5.74, 6) is 0.578. The molecule has 84 valence electrons. The Labute approximate surface area is 98.6 Å². The summed E-state index contributed by atoms with van der Waals surface area (Å²) in [4.78, 5) is 4.58. The third-order valence-electron chi connectivity index (χ3n) is 2.46. The van der Waals surface area contributed by atoms with Crippen molar-refractivity contribution in [1.29, 1.82) is 0 Å². The predicted octanol–water partition coefficient (Wildman–Crippen LogP) is 3.14. The number of rotatable bonds is 4. The van der Waals surface area contributed by atoms with Crippen LogP contribution in [-0.2, 0) is 18.7 Å². The van der Waals surface area contributed by atoms with Gasteiger partial charge in [-0.3, -0.25) is 0 Å². The lowest BCUT2D eigenvalue weighted by Gasteiger charge is -2.00. The van der Waals surface area contributed by atoms with Crippen molar-refractivity contribution >= 4 is 11.6 Å². The highest BCUT2D eigenvalue weighted by Gasteiger charge is 2.08. The van der Waals surface area contributed by atoms with E-state index in [1.807, 2.05) is 30.3 Å². The first-order valence-corrected chi connectivity index (χ1v) is 5.66. The SMILES string of the molecule is Fn1c(CCl)cnc1CCc1ccccc1. The number of nitrogens with zero attached hydrogens (tertiary/aromatic N) is 2. The topological polar surface area (TPSA) is 17.8 Å². The second-order valence-electron chi connectivity index (χ2n) is 3.57. The summed E-state index contributed by atoms with van der Waals surface area (Å²) >= 11 is 5.56. The highest BCUT2D eigenvalue weighted by Crippen LogP contribution is 2.11. The van der Waals surface area contributed by atoms with E-state index in [9.17, 15) is 4.48 Å². The average molecular weight is 239 g/mol. The first-order chi connectivity index (χ1) is 7.81. The van der Waals surface area contributed by atoms with Gasteiger partial charge in [-0.05, 0) is 12.0 Å². The number of benzene rings is 1. The van der Waals surface area contributed by atoms with E-state index in [1.165, 1.54) is 11.8 Å². The highest BCUT2D eigenvalue weighted by molar-refractivity contribution is 6.16. The summed E-state index contributed by atoms with van der Waals surface area (Å²) in [6.07, 6.45) is 2.84. The van der Waals surface area contributed by atoms with Gasteiger partial charge in [0.15, 0.2) is 0 Å². The van der Waals surface area contributed by atoms with Gasteiger partial charge in [-0.1, -0.05) is 34.8 Å². The molecule has 0 radical (unpaired) electrons. The predicted molar refractivity (Wildman–Crippen MR) is 62.1 cm³/mol. The molecular formula is C12H12ClFN2. The number of hydrogen-bond acceptors (Lipinski definition) is 1. The van der Waals surface area contributed by atoms with E-state index >= 15 is 0 Å². The van der Waals surface area contributed by atoms with Crippen LogP contribution in [0.2, 0.25) is 0 Å². The van der Waals surface area contributed by atoms with E-state index in [4.69, 9.17) is 11.6 Å². The van der Waals surface area contributed by atoms with Crippen molar-refractivity contribution in [3.63, 3.8) is 0 Å². The van der Waals surface area contributed by atoms with Gasteiger partial charge in [-0.2, -0.15) is 4.79 Å². The summed E-state index contributed by atoms with van der Waals surface area (Å²) in [7, 11) is 0. The maximum atomic E-state index is 13.5. The molecule has 0 fully saturated rings. The second kappa shape index (κ2) is 5.12. The zero-order valence-corrected chi connectivity index (χ0v) is 9.49. The fourth-order valence-electron chi connectivity index (χ4n) is 1.57. The van der Waals surface area contributed by atoms with Crippen LogP contribution >= 0.6 is 11.6 Å². The summed E-state index contributed by atoms with van der Waals surface area (Å²) in [6.45, 7) is 0. The fraction of sp³-hybridized carbons (Fsp3) is 0.250. The summed E-state index contributed by atoms with van der Waals surface area (Å²) in [6, 6.07) is 9.95. The number of halogens is 2. The third-order valence-corrected chi connectivity index (χ3v) is 2.73. The van der Waals surface area contributed by atoms with Crippen molar-refractivity contribution in [3.8, 4) is 0 Å². The number of imidazole rings is 1. The van der Waals surface area contributed by atoms with Crippen molar-refractivity contribution in [2.24, 2.45) is 0 Å². The minimum Gasteiger partial charge on any atom is -0.239 e. The largest absolute Gasteiger partial charge is 0.239 e. The molecule has 0 bridgehead atoms. The Balaban J connectivity index is 2.02. The molecule has 0 unspecified atom stereocenters. The lowest BCUT2D eigenvalue weighted by atomic mass is 10.1. The second-order valence-corrected chi connectivity index (χ2v) is 3.83. The summed E-state index contributed by atoms with van der Waals surface area (Å²) in [5, 5.41) is 0. The summed E-state index contributed by atoms with van der Waals surface area (Å²) < 4.78 is 13.5.